The zero-order chi connectivity index (χ0) is 16.6. The Labute approximate surface area is 134 Å². The zero-order valence-corrected chi connectivity index (χ0v) is 17.8. The summed E-state index contributed by atoms with van der Waals surface area (Å²) in [6.07, 6.45) is 1.97. The van der Waals surface area contributed by atoms with E-state index in [2.05, 4.69) is 32.7 Å². The normalized spacial score (nSPS) is 16.0. The zero-order valence-electron chi connectivity index (χ0n) is 14.8. The van der Waals surface area contributed by atoms with Crippen molar-refractivity contribution in [2.24, 2.45) is 11.5 Å². The van der Waals surface area contributed by atoms with Crippen molar-refractivity contribution in [2.45, 2.75) is 64.6 Å². The van der Waals surface area contributed by atoms with Crippen LogP contribution < -0.4 is 11.5 Å². The van der Waals surface area contributed by atoms with Gasteiger partial charge in [-0.2, -0.15) is 0 Å². The topological polar surface area (TPSA) is 79.7 Å². The molecule has 1 unspecified atom stereocenters. The molecular weight excluding hydrogens is 316 g/mol. The first kappa shape index (κ1) is 21.5. The molecule has 0 fully saturated rings. The molecule has 4 N–H and O–H groups in total. The fourth-order valence-corrected chi connectivity index (χ4v) is 16.4. The van der Waals surface area contributed by atoms with E-state index >= 15 is 0 Å². The van der Waals surface area contributed by atoms with E-state index in [9.17, 15) is 0 Å². The highest BCUT2D eigenvalue weighted by Gasteiger charge is 2.42. The maximum absolute atomic E-state index is 6.47. The second-order valence-corrected chi connectivity index (χ2v) is 18.2. The third-order valence-electron chi connectivity index (χ3n) is 3.25. The highest BCUT2D eigenvalue weighted by molar-refractivity contribution is 6.86. The van der Waals surface area contributed by atoms with Crippen LogP contribution in [0.2, 0.25) is 44.8 Å². The number of hydrogen-bond donors (Lipinski definition) is 2. The van der Waals surface area contributed by atoms with Crippen LogP contribution in [0.3, 0.4) is 0 Å². The van der Waals surface area contributed by atoms with E-state index in [1.54, 1.807) is 0 Å². The lowest BCUT2D eigenvalue weighted by molar-refractivity contribution is 0.234. The Morgan fingerprint density at radius 1 is 0.810 bits per heavy atom. The molecule has 0 aromatic heterocycles. The summed E-state index contributed by atoms with van der Waals surface area (Å²) in [7, 11) is -6.09. The molecule has 0 saturated heterocycles. The molecule has 0 aliphatic heterocycles. The van der Waals surface area contributed by atoms with Gasteiger partial charge in [-0.15, -0.1) is 0 Å². The van der Waals surface area contributed by atoms with E-state index in [0.717, 1.165) is 31.5 Å². The van der Waals surface area contributed by atoms with Crippen LogP contribution in [0.1, 0.15) is 19.8 Å². The van der Waals surface area contributed by atoms with Gasteiger partial charge in [0.25, 0.3) is 0 Å². The number of nitrogens with two attached hydrogens (primary N) is 2. The molecular formula is C13H36N2O3Si3. The summed E-state index contributed by atoms with van der Waals surface area (Å²) in [6.45, 7) is 15.0. The van der Waals surface area contributed by atoms with Gasteiger partial charge in [-0.3, -0.25) is 0 Å². The Bertz CT molecular complexity index is 294. The second-order valence-electron chi connectivity index (χ2n) is 6.71. The van der Waals surface area contributed by atoms with Crippen molar-refractivity contribution < 1.29 is 12.7 Å². The van der Waals surface area contributed by atoms with Gasteiger partial charge >= 0.3 is 17.1 Å². The van der Waals surface area contributed by atoms with Gasteiger partial charge in [0, 0.05) is 6.61 Å². The fraction of sp³-hybridized carbons (Fsp3) is 1.00. The van der Waals surface area contributed by atoms with Crippen molar-refractivity contribution in [1.29, 1.82) is 0 Å². The Morgan fingerprint density at radius 2 is 1.33 bits per heavy atom. The van der Waals surface area contributed by atoms with Crippen molar-refractivity contribution in [3.8, 4) is 0 Å². The maximum Gasteiger partial charge on any atom is 0.326 e. The molecule has 0 radical (unpaired) electrons. The standard InChI is InChI=1S/C13H36N2O3Si3/c1-7-16-21(6,13-9-11-15)18-20(4,5)17-19(2,3)12-8-10-14/h7-15H2,1-6H3. The molecule has 0 spiro atoms. The van der Waals surface area contributed by atoms with E-state index in [1.165, 1.54) is 0 Å². The minimum atomic E-state index is -2.19. The predicted molar refractivity (Wildman–Crippen MR) is 97.3 cm³/mol. The van der Waals surface area contributed by atoms with Crippen molar-refractivity contribution in [1.82, 2.24) is 0 Å². The van der Waals surface area contributed by atoms with Gasteiger partial charge in [0.05, 0.1) is 0 Å². The summed E-state index contributed by atoms with van der Waals surface area (Å²) in [6, 6.07) is 2.01. The molecule has 0 bridgehead atoms. The van der Waals surface area contributed by atoms with Crippen LogP contribution >= 0.6 is 0 Å². The van der Waals surface area contributed by atoms with Gasteiger partial charge in [-0.25, -0.2) is 0 Å². The Kier molecular flexibility index (Phi) is 9.76. The van der Waals surface area contributed by atoms with Crippen LogP contribution in [0.25, 0.3) is 0 Å². The molecule has 0 aromatic carbocycles. The third kappa shape index (κ3) is 9.95. The lowest BCUT2D eigenvalue weighted by Gasteiger charge is -2.39. The molecule has 0 rings (SSSR count). The lowest BCUT2D eigenvalue weighted by Crippen LogP contribution is -2.54. The first-order valence-corrected chi connectivity index (χ1v) is 16.5. The van der Waals surface area contributed by atoms with Gasteiger partial charge in [0.2, 0.25) is 0 Å². The van der Waals surface area contributed by atoms with E-state index in [0.29, 0.717) is 13.2 Å². The first-order chi connectivity index (χ1) is 9.60. The number of rotatable bonds is 12. The quantitative estimate of drug-likeness (QED) is 0.528. The van der Waals surface area contributed by atoms with Crippen LogP contribution in [-0.4, -0.2) is 45.1 Å². The molecule has 21 heavy (non-hydrogen) atoms. The van der Waals surface area contributed by atoms with Crippen molar-refractivity contribution in [2.75, 3.05) is 19.7 Å². The molecule has 128 valence electrons. The minimum absolute atomic E-state index is 0.679. The Morgan fingerprint density at radius 3 is 1.81 bits per heavy atom. The number of hydrogen-bond acceptors (Lipinski definition) is 5. The lowest BCUT2D eigenvalue weighted by atomic mass is 10.5. The molecule has 0 heterocycles. The van der Waals surface area contributed by atoms with Crippen LogP contribution in [0.5, 0.6) is 0 Å². The summed E-state index contributed by atoms with van der Waals surface area (Å²) < 4.78 is 18.9. The smallest absolute Gasteiger partial charge is 0.326 e. The van der Waals surface area contributed by atoms with Crippen molar-refractivity contribution in [3.05, 3.63) is 0 Å². The summed E-state index contributed by atoms with van der Waals surface area (Å²) in [5, 5.41) is 0. The first-order valence-electron chi connectivity index (χ1n) is 8.04. The fourth-order valence-electron chi connectivity index (χ4n) is 2.67. The molecule has 0 amide bonds. The van der Waals surface area contributed by atoms with Crippen LogP contribution in [-0.2, 0) is 12.7 Å². The predicted octanol–water partition coefficient (Wildman–Crippen LogP) is 2.73. The Hall–Kier alpha value is 0.451. The van der Waals surface area contributed by atoms with Crippen molar-refractivity contribution in [3.63, 3.8) is 0 Å². The van der Waals surface area contributed by atoms with Gasteiger partial charge in [-0.1, -0.05) is 0 Å². The average Bonchev–Trinajstić information content (AvgIpc) is 2.32. The largest absolute Gasteiger partial charge is 0.436 e. The van der Waals surface area contributed by atoms with Gasteiger partial charge in [0.15, 0.2) is 8.32 Å². The molecule has 5 nitrogen and oxygen atoms in total. The average molecular weight is 353 g/mol. The summed E-state index contributed by atoms with van der Waals surface area (Å²) in [4.78, 5) is 0. The highest BCUT2D eigenvalue weighted by atomic mass is 28.5. The third-order valence-corrected chi connectivity index (χ3v) is 14.8. The van der Waals surface area contributed by atoms with Crippen LogP contribution in [0.4, 0.5) is 0 Å². The summed E-state index contributed by atoms with van der Waals surface area (Å²) in [5.41, 5.74) is 11.3. The minimum Gasteiger partial charge on any atom is -0.436 e. The van der Waals surface area contributed by atoms with Gasteiger partial charge in [-0.05, 0) is 77.7 Å². The monoisotopic (exact) mass is 352 g/mol. The molecule has 1 atom stereocenters. The summed E-state index contributed by atoms with van der Waals surface area (Å²) >= 11 is 0. The highest BCUT2D eigenvalue weighted by Crippen LogP contribution is 2.26. The van der Waals surface area contributed by atoms with E-state index in [-0.39, 0.29) is 0 Å². The molecule has 0 saturated carbocycles. The SMILES string of the molecule is CCO[Si](C)(CCCN)O[Si](C)(C)O[Si](C)(C)CCCN. The van der Waals surface area contributed by atoms with E-state index in [4.69, 9.17) is 24.1 Å². The van der Waals surface area contributed by atoms with E-state index < -0.39 is 25.4 Å². The summed E-state index contributed by atoms with van der Waals surface area (Å²) in [5.74, 6) is 0. The molecule has 0 aliphatic rings. The molecule has 8 heteroatoms. The van der Waals surface area contributed by atoms with Crippen LogP contribution in [0, 0.1) is 0 Å². The maximum atomic E-state index is 6.47. The molecule has 0 aliphatic carbocycles. The molecule has 0 aromatic rings. The van der Waals surface area contributed by atoms with E-state index in [1.807, 2.05) is 6.92 Å². The van der Waals surface area contributed by atoms with Gasteiger partial charge in [0.1, 0.15) is 0 Å². The second kappa shape index (κ2) is 9.56. The van der Waals surface area contributed by atoms with Gasteiger partial charge < -0.3 is 24.1 Å². The van der Waals surface area contributed by atoms with Crippen molar-refractivity contribution >= 4 is 25.4 Å². The Balaban J connectivity index is 4.71. The van der Waals surface area contributed by atoms with Crippen LogP contribution in [0.15, 0.2) is 0 Å².